The maximum absolute atomic E-state index is 12.2. The molecule has 0 rings (SSSR count). The van der Waals surface area contributed by atoms with Crippen molar-refractivity contribution in [1.29, 1.82) is 0 Å². The van der Waals surface area contributed by atoms with Crippen LogP contribution in [0.5, 0.6) is 0 Å². The van der Waals surface area contributed by atoms with Gasteiger partial charge in [-0.1, -0.05) is 13.8 Å². The summed E-state index contributed by atoms with van der Waals surface area (Å²) in [4.78, 5) is 46.4. The number of nitrogens with one attached hydrogen (secondary N) is 3. The van der Waals surface area contributed by atoms with Gasteiger partial charge in [-0.05, 0) is 19.8 Å². The molecular weight excluding hydrogens is 290 g/mol. The van der Waals surface area contributed by atoms with Gasteiger partial charge < -0.3 is 20.7 Å². The Morgan fingerprint density at radius 3 is 1.77 bits per heavy atom. The highest BCUT2D eigenvalue weighted by Gasteiger charge is 2.28. The van der Waals surface area contributed by atoms with Crippen molar-refractivity contribution in [3.05, 3.63) is 0 Å². The molecule has 0 heterocycles. The van der Waals surface area contributed by atoms with Crippen molar-refractivity contribution in [1.82, 2.24) is 16.0 Å². The second-order valence-electron chi connectivity index (χ2n) is 5.41. The molecule has 0 saturated heterocycles. The molecule has 0 aliphatic carbocycles. The molecule has 8 nitrogen and oxygen atoms in total. The molecule has 0 radical (unpaired) electrons. The van der Waals surface area contributed by atoms with E-state index in [1.807, 2.05) is 0 Å². The Kier molecular flexibility index (Phi) is 8.14. The van der Waals surface area contributed by atoms with Crippen LogP contribution in [0.2, 0.25) is 0 Å². The fraction of sp³-hybridized carbons (Fsp3) is 0.714. The largest absolute Gasteiger partial charge is 0.467 e. The quantitative estimate of drug-likeness (QED) is 0.539. The Bertz CT molecular complexity index is 436. The van der Waals surface area contributed by atoms with Crippen molar-refractivity contribution in [2.45, 2.75) is 52.7 Å². The molecule has 0 aromatic carbocycles. The number of hydrogen-bond acceptors (Lipinski definition) is 5. The summed E-state index contributed by atoms with van der Waals surface area (Å²) >= 11 is 0. The van der Waals surface area contributed by atoms with Crippen LogP contribution in [0.1, 0.15) is 34.6 Å². The van der Waals surface area contributed by atoms with Crippen LogP contribution in [-0.4, -0.2) is 48.9 Å². The molecule has 3 amide bonds. The van der Waals surface area contributed by atoms with E-state index >= 15 is 0 Å². The smallest absolute Gasteiger partial charge is 0.328 e. The van der Waals surface area contributed by atoms with E-state index in [2.05, 4.69) is 20.7 Å². The first-order valence-electron chi connectivity index (χ1n) is 7.05. The second kappa shape index (κ2) is 9.01. The van der Waals surface area contributed by atoms with Crippen molar-refractivity contribution >= 4 is 23.7 Å². The lowest BCUT2D eigenvalue weighted by atomic mass is 10.0. The zero-order chi connectivity index (χ0) is 17.4. The molecule has 3 N–H and O–H groups in total. The highest BCUT2D eigenvalue weighted by atomic mass is 16.5. The van der Waals surface area contributed by atoms with E-state index in [0.29, 0.717) is 0 Å². The van der Waals surface area contributed by atoms with Gasteiger partial charge in [0.1, 0.15) is 18.1 Å². The van der Waals surface area contributed by atoms with Crippen LogP contribution in [0.4, 0.5) is 0 Å². The third-order valence-electron chi connectivity index (χ3n) is 2.97. The maximum atomic E-state index is 12.2. The molecule has 8 heteroatoms. The normalized spacial score (nSPS) is 14.5. The molecule has 126 valence electrons. The molecule has 0 aliphatic heterocycles. The predicted octanol–water partition coefficient (Wildman–Crippen LogP) is -0.670. The van der Waals surface area contributed by atoms with Gasteiger partial charge in [0.15, 0.2) is 0 Å². The number of carbonyl (C=O) groups excluding carboxylic acids is 4. The number of carbonyl (C=O) groups is 4. The molecule has 22 heavy (non-hydrogen) atoms. The minimum Gasteiger partial charge on any atom is -0.467 e. The summed E-state index contributed by atoms with van der Waals surface area (Å²) in [5.41, 5.74) is 0. The van der Waals surface area contributed by atoms with E-state index < -0.39 is 35.9 Å². The lowest BCUT2D eigenvalue weighted by Crippen LogP contribution is -2.56. The van der Waals surface area contributed by atoms with Crippen LogP contribution in [-0.2, 0) is 23.9 Å². The summed E-state index contributed by atoms with van der Waals surface area (Å²) in [6.07, 6.45) is 0. The number of rotatable bonds is 7. The zero-order valence-corrected chi connectivity index (χ0v) is 13.9. The van der Waals surface area contributed by atoms with Crippen molar-refractivity contribution in [3.8, 4) is 0 Å². The van der Waals surface area contributed by atoms with Crippen LogP contribution in [0.15, 0.2) is 0 Å². The van der Waals surface area contributed by atoms with Crippen LogP contribution in [0.3, 0.4) is 0 Å². The third-order valence-corrected chi connectivity index (χ3v) is 2.97. The summed E-state index contributed by atoms with van der Waals surface area (Å²) in [7, 11) is 1.22. The summed E-state index contributed by atoms with van der Waals surface area (Å²) in [5.74, 6) is -2.08. The molecule has 3 atom stereocenters. The van der Waals surface area contributed by atoms with Gasteiger partial charge in [0, 0.05) is 6.92 Å². The van der Waals surface area contributed by atoms with Crippen LogP contribution < -0.4 is 16.0 Å². The first-order valence-corrected chi connectivity index (χ1v) is 7.05. The SMILES string of the molecule is COC(=O)[C@H](C)NC(=O)[C@@H](NC(=O)[C@H](C)NC(C)=O)C(C)C. The first kappa shape index (κ1) is 19.9. The second-order valence-corrected chi connectivity index (χ2v) is 5.41. The van der Waals surface area contributed by atoms with E-state index in [4.69, 9.17) is 0 Å². The number of methoxy groups -OCH3 is 1. The molecule has 0 spiro atoms. The highest BCUT2D eigenvalue weighted by molar-refractivity contribution is 5.93. The van der Waals surface area contributed by atoms with Crippen LogP contribution in [0, 0.1) is 5.92 Å². The fourth-order valence-corrected chi connectivity index (χ4v) is 1.72. The van der Waals surface area contributed by atoms with E-state index in [1.54, 1.807) is 13.8 Å². The Morgan fingerprint density at radius 1 is 0.818 bits per heavy atom. The molecule has 0 aliphatic rings. The van der Waals surface area contributed by atoms with Gasteiger partial charge in [-0.2, -0.15) is 0 Å². The minimum atomic E-state index is -0.823. The molecule has 0 fully saturated rings. The minimum absolute atomic E-state index is 0.196. The fourth-order valence-electron chi connectivity index (χ4n) is 1.72. The zero-order valence-electron chi connectivity index (χ0n) is 13.9. The monoisotopic (exact) mass is 315 g/mol. The van der Waals surface area contributed by atoms with Gasteiger partial charge in [0.2, 0.25) is 17.7 Å². The number of hydrogen-bond donors (Lipinski definition) is 3. The Morgan fingerprint density at radius 2 is 1.36 bits per heavy atom. The summed E-state index contributed by atoms with van der Waals surface area (Å²) < 4.78 is 4.53. The van der Waals surface area contributed by atoms with Crippen molar-refractivity contribution in [2.24, 2.45) is 5.92 Å². The van der Waals surface area contributed by atoms with Gasteiger partial charge in [-0.15, -0.1) is 0 Å². The van der Waals surface area contributed by atoms with E-state index in [-0.39, 0.29) is 11.8 Å². The Hall–Kier alpha value is -2.12. The van der Waals surface area contributed by atoms with Crippen molar-refractivity contribution < 1.29 is 23.9 Å². The van der Waals surface area contributed by atoms with Gasteiger partial charge in [-0.3, -0.25) is 14.4 Å². The predicted molar refractivity (Wildman–Crippen MR) is 79.7 cm³/mol. The van der Waals surface area contributed by atoms with Crippen molar-refractivity contribution in [3.63, 3.8) is 0 Å². The lowest BCUT2D eigenvalue weighted by molar-refractivity contribution is -0.145. The van der Waals surface area contributed by atoms with Crippen LogP contribution in [0.25, 0.3) is 0 Å². The average Bonchev–Trinajstić information content (AvgIpc) is 2.41. The van der Waals surface area contributed by atoms with Gasteiger partial charge in [-0.25, -0.2) is 4.79 Å². The molecule has 0 unspecified atom stereocenters. The first-order chi connectivity index (χ1) is 10.1. The van der Waals surface area contributed by atoms with Gasteiger partial charge in [0.25, 0.3) is 0 Å². The number of esters is 1. The number of ether oxygens (including phenoxy) is 1. The molecule has 0 bridgehead atoms. The molecule has 0 aromatic rings. The standard InChI is InChI=1S/C14H25N3O5/c1-7(2)11(13(20)16-9(4)14(21)22-6)17-12(19)8(3)15-10(5)18/h7-9,11H,1-6H3,(H,15,18)(H,16,20)(H,17,19)/t8-,9-,11-/m0/s1. The third kappa shape index (κ3) is 6.55. The van der Waals surface area contributed by atoms with E-state index in [0.717, 1.165) is 0 Å². The van der Waals surface area contributed by atoms with Crippen LogP contribution >= 0.6 is 0 Å². The van der Waals surface area contributed by atoms with Gasteiger partial charge >= 0.3 is 5.97 Å². The summed E-state index contributed by atoms with van der Waals surface area (Å²) in [6, 6.07) is -2.40. The molecule has 0 aromatic heterocycles. The summed E-state index contributed by atoms with van der Waals surface area (Å²) in [6.45, 7) is 7.83. The van der Waals surface area contributed by atoms with E-state index in [1.165, 1.54) is 27.9 Å². The van der Waals surface area contributed by atoms with Gasteiger partial charge in [0.05, 0.1) is 7.11 Å². The maximum Gasteiger partial charge on any atom is 0.328 e. The van der Waals surface area contributed by atoms with E-state index in [9.17, 15) is 19.2 Å². The number of amides is 3. The molecular formula is C14H25N3O5. The highest BCUT2D eigenvalue weighted by Crippen LogP contribution is 2.03. The average molecular weight is 315 g/mol. The molecule has 0 saturated carbocycles. The van der Waals surface area contributed by atoms with Crippen molar-refractivity contribution in [2.75, 3.05) is 7.11 Å². The lowest BCUT2D eigenvalue weighted by Gasteiger charge is -2.24. The summed E-state index contributed by atoms with van der Waals surface area (Å²) in [5, 5.41) is 7.48. The topological polar surface area (TPSA) is 114 Å². The Balaban J connectivity index is 4.79. The Labute approximate surface area is 130 Å².